The zero-order valence-electron chi connectivity index (χ0n) is 13.0. The molecular formula is C21H20O2. The van der Waals surface area contributed by atoms with Crippen LogP contribution in [0.1, 0.15) is 40.0 Å². The minimum atomic E-state index is -0.127. The first-order valence-corrected chi connectivity index (χ1v) is 8.46. The second-order valence-electron chi connectivity index (χ2n) is 6.77. The lowest BCUT2D eigenvalue weighted by Crippen LogP contribution is -2.51. The summed E-state index contributed by atoms with van der Waals surface area (Å²) in [5.41, 5.74) is 1.49. The molecule has 2 aromatic carbocycles. The molecule has 0 spiro atoms. The number of Topliss-reactive ketones (excluding diaryl/α,β-unsaturated/α-hetero) is 2. The Morgan fingerprint density at radius 1 is 0.652 bits per heavy atom. The molecule has 0 radical (unpaired) electrons. The van der Waals surface area contributed by atoms with Gasteiger partial charge in [0.05, 0.1) is 0 Å². The van der Waals surface area contributed by atoms with Gasteiger partial charge in [0.1, 0.15) is 0 Å². The average molecular weight is 304 g/mol. The molecule has 4 rings (SSSR count). The maximum absolute atomic E-state index is 13.0. The molecule has 0 N–H and O–H groups in total. The van der Waals surface area contributed by atoms with Gasteiger partial charge in [0.15, 0.2) is 11.6 Å². The molecule has 0 unspecified atom stereocenters. The van der Waals surface area contributed by atoms with Crippen molar-refractivity contribution in [2.75, 3.05) is 0 Å². The Kier molecular flexibility index (Phi) is 3.60. The van der Waals surface area contributed by atoms with Crippen molar-refractivity contribution >= 4 is 11.6 Å². The van der Waals surface area contributed by atoms with E-state index in [0.717, 1.165) is 30.4 Å². The van der Waals surface area contributed by atoms with E-state index < -0.39 is 0 Å². The van der Waals surface area contributed by atoms with Gasteiger partial charge in [-0.1, -0.05) is 67.1 Å². The van der Waals surface area contributed by atoms with Crippen LogP contribution < -0.4 is 0 Å². The van der Waals surface area contributed by atoms with Crippen molar-refractivity contribution < 1.29 is 9.59 Å². The summed E-state index contributed by atoms with van der Waals surface area (Å²) in [5.74, 6) is 0.863. The lowest BCUT2D eigenvalue weighted by Gasteiger charge is -2.47. The first kappa shape index (κ1) is 14.4. The van der Waals surface area contributed by atoms with Crippen molar-refractivity contribution in [3.8, 4) is 0 Å². The van der Waals surface area contributed by atoms with Crippen LogP contribution in [0.5, 0.6) is 0 Å². The minimum absolute atomic E-state index is 0.127. The molecule has 0 aliphatic heterocycles. The second kappa shape index (κ2) is 5.77. The van der Waals surface area contributed by atoms with Crippen molar-refractivity contribution in [2.24, 2.45) is 23.7 Å². The maximum atomic E-state index is 13.0. The van der Waals surface area contributed by atoms with Gasteiger partial charge in [0, 0.05) is 23.0 Å². The highest BCUT2D eigenvalue weighted by Crippen LogP contribution is 2.57. The predicted octanol–water partition coefficient (Wildman–Crippen LogP) is 4.41. The zero-order valence-corrected chi connectivity index (χ0v) is 13.0. The van der Waals surface area contributed by atoms with E-state index in [2.05, 4.69) is 0 Å². The Labute approximate surface area is 136 Å². The van der Waals surface area contributed by atoms with E-state index in [-0.39, 0.29) is 23.4 Å². The normalized spacial score (nSPS) is 28.7. The molecule has 2 aromatic rings. The number of benzene rings is 2. The van der Waals surface area contributed by atoms with E-state index in [1.54, 1.807) is 0 Å². The van der Waals surface area contributed by atoms with Crippen LogP contribution in [-0.4, -0.2) is 11.6 Å². The quantitative estimate of drug-likeness (QED) is 0.784. The topological polar surface area (TPSA) is 34.1 Å². The summed E-state index contributed by atoms with van der Waals surface area (Å²) in [6.45, 7) is 0. The third-order valence-electron chi connectivity index (χ3n) is 5.66. The molecule has 0 heterocycles. The molecule has 2 fully saturated rings. The summed E-state index contributed by atoms with van der Waals surface area (Å²) in [6.07, 6.45) is 3.32. The van der Waals surface area contributed by atoms with Gasteiger partial charge < -0.3 is 0 Å². The summed E-state index contributed by atoms with van der Waals surface area (Å²) in [5, 5.41) is 0. The van der Waals surface area contributed by atoms with Crippen molar-refractivity contribution in [1.82, 2.24) is 0 Å². The third-order valence-corrected chi connectivity index (χ3v) is 5.66. The number of fused-ring (bicyclic) bond motifs is 1. The van der Waals surface area contributed by atoms with Gasteiger partial charge in [-0.25, -0.2) is 0 Å². The first-order valence-electron chi connectivity index (χ1n) is 8.46. The van der Waals surface area contributed by atoms with Crippen molar-refractivity contribution in [1.29, 1.82) is 0 Å². The zero-order chi connectivity index (χ0) is 15.8. The SMILES string of the molecule is O=C(c1ccccc1)[C@@H]1[C@H]2CCC[C@H]2[C@@H]1C(=O)c1ccccc1. The number of hydrogen-bond acceptors (Lipinski definition) is 2. The van der Waals surface area contributed by atoms with E-state index in [1.165, 1.54) is 0 Å². The Balaban J connectivity index is 1.65. The van der Waals surface area contributed by atoms with E-state index in [1.807, 2.05) is 60.7 Å². The molecule has 0 saturated heterocycles. The molecule has 23 heavy (non-hydrogen) atoms. The highest BCUT2D eigenvalue weighted by atomic mass is 16.1. The van der Waals surface area contributed by atoms with Gasteiger partial charge in [0.2, 0.25) is 0 Å². The minimum Gasteiger partial charge on any atom is -0.294 e. The fourth-order valence-electron chi connectivity index (χ4n) is 4.60. The van der Waals surface area contributed by atoms with Gasteiger partial charge in [-0.2, -0.15) is 0 Å². The fraction of sp³-hybridized carbons (Fsp3) is 0.333. The van der Waals surface area contributed by atoms with Crippen molar-refractivity contribution in [3.63, 3.8) is 0 Å². The van der Waals surface area contributed by atoms with Gasteiger partial charge in [-0.3, -0.25) is 9.59 Å². The van der Waals surface area contributed by atoms with Crippen LogP contribution >= 0.6 is 0 Å². The maximum Gasteiger partial charge on any atom is 0.166 e. The smallest absolute Gasteiger partial charge is 0.166 e. The van der Waals surface area contributed by atoms with Gasteiger partial charge in [-0.15, -0.1) is 0 Å². The standard InChI is InChI=1S/C21H20O2/c22-20(14-8-3-1-4-9-14)18-16-12-7-13-17(16)19(18)21(23)15-10-5-2-6-11-15/h1-6,8-11,16-19H,7,12-13H2/t16-,17+,18+,19-. The second-order valence-corrected chi connectivity index (χ2v) is 6.77. The number of carbonyl (C=O) groups excluding carboxylic acids is 2. The molecule has 2 saturated carbocycles. The summed E-state index contributed by atoms with van der Waals surface area (Å²) in [7, 11) is 0. The molecule has 0 bridgehead atoms. The molecule has 4 atom stereocenters. The lowest BCUT2D eigenvalue weighted by atomic mass is 9.54. The summed E-state index contributed by atoms with van der Waals surface area (Å²) in [4.78, 5) is 25.9. The van der Waals surface area contributed by atoms with Crippen LogP contribution in [0.15, 0.2) is 60.7 Å². The monoisotopic (exact) mass is 304 g/mol. The van der Waals surface area contributed by atoms with Crippen LogP contribution in [0, 0.1) is 23.7 Å². The Morgan fingerprint density at radius 2 is 1.04 bits per heavy atom. The molecule has 0 aromatic heterocycles. The molecule has 2 heteroatoms. The highest BCUT2D eigenvalue weighted by molar-refractivity contribution is 6.06. The first-order chi connectivity index (χ1) is 11.3. The van der Waals surface area contributed by atoms with Gasteiger partial charge >= 0.3 is 0 Å². The molecule has 2 nitrogen and oxygen atoms in total. The summed E-state index contributed by atoms with van der Waals surface area (Å²) in [6, 6.07) is 18.9. The van der Waals surface area contributed by atoms with Crippen LogP contribution in [0.4, 0.5) is 0 Å². The van der Waals surface area contributed by atoms with E-state index in [0.29, 0.717) is 11.8 Å². The van der Waals surface area contributed by atoms with E-state index in [9.17, 15) is 9.59 Å². The lowest BCUT2D eigenvalue weighted by molar-refractivity contribution is 0.0130. The molecule has 116 valence electrons. The average Bonchev–Trinajstić information content (AvgIpc) is 3.00. The van der Waals surface area contributed by atoms with Gasteiger partial charge in [-0.05, 0) is 24.7 Å². The van der Waals surface area contributed by atoms with Crippen LogP contribution in [-0.2, 0) is 0 Å². The van der Waals surface area contributed by atoms with Crippen LogP contribution in [0.3, 0.4) is 0 Å². The Morgan fingerprint density at radius 3 is 1.43 bits per heavy atom. The number of rotatable bonds is 4. The number of ketones is 2. The molecule has 2 aliphatic rings. The molecule has 2 aliphatic carbocycles. The summed E-state index contributed by atoms with van der Waals surface area (Å²) < 4.78 is 0. The molecular weight excluding hydrogens is 284 g/mol. The van der Waals surface area contributed by atoms with E-state index >= 15 is 0 Å². The van der Waals surface area contributed by atoms with Crippen molar-refractivity contribution in [2.45, 2.75) is 19.3 Å². The van der Waals surface area contributed by atoms with Crippen LogP contribution in [0.2, 0.25) is 0 Å². The van der Waals surface area contributed by atoms with Crippen molar-refractivity contribution in [3.05, 3.63) is 71.8 Å². The summed E-state index contributed by atoms with van der Waals surface area (Å²) >= 11 is 0. The highest BCUT2D eigenvalue weighted by Gasteiger charge is 2.58. The number of hydrogen-bond donors (Lipinski definition) is 0. The Bertz CT molecular complexity index is 657. The largest absolute Gasteiger partial charge is 0.294 e. The van der Waals surface area contributed by atoms with E-state index in [4.69, 9.17) is 0 Å². The number of carbonyl (C=O) groups is 2. The van der Waals surface area contributed by atoms with Crippen LogP contribution in [0.25, 0.3) is 0 Å². The molecule has 0 amide bonds. The third kappa shape index (κ3) is 2.33. The van der Waals surface area contributed by atoms with Gasteiger partial charge in [0.25, 0.3) is 0 Å². The fourth-order valence-corrected chi connectivity index (χ4v) is 4.60. The Hall–Kier alpha value is -2.22. The predicted molar refractivity (Wildman–Crippen MR) is 89.4 cm³/mol.